The van der Waals surface area contributed by atoms with Crippen LogP contribution in [-0.2, 0) is 16.8 Å². The van der Waals surface area contributed by atoms with Gasteiger partial charge in [-0.1, -0.05) is 48.5 Å². The lowest BCUT2D eigenvalue weighted by Gasteiger charge is -2.22. The van der Waals surface area contributed by atoms with Gasteiger partial charge in [0.25, 0.3) is 5.91 Å². The van der Waals surface area contributed by atoms with Gasteiger partial charge in [0.1, 0.15) is 5.54 Å². The lowest BCUT2D eigenvalue weighted by molar-refractivity contribution is -0.131. The molecular formula is C20H18N2O3. The second kappa shape index (κ2) is 5.55. The maximum absolute atomic E-state index is 13.0. The van der Waals surface area contributed by atoms with E-state index >= 15 is 0 Å². The van der Waals surface area contributed by atoms with Gasteiger partial charge in [0, 0.05) is 5.56 Å². The van der Waals surface area contributed by atoms with Crippen molar-refractivity contribution in [2.45, 2.75) is 25.3 Å². The van der Waals surface area contributed by atoms with Crippen LogP contribution in [0.3, 0.4) is 0 Å². The second-order valence-corrected chi connectivity index (χ2v) is 6.62. The number of benzene rings is 2. The molecule has 1 fully saturated rings. The zero-order valence-electron chi connectivity index (χ0n) is 13.9. The molecule has 5 nitrogen and oxygen atoms in total. The monoisotopic (exact) mass is 334 g/mol. The molecule has 3 amide bonds. The Morgan fingerprint density at radius 3 is 2.64 bits per heavy atom. The molecule has 2 aliphatic rings. The van der Waals surface area contributed by atoms with Crippen molar-refractivity contribution in [1.29, 1.82) is 0 Å². The lowest BCUT2D eigenvalue weighted by atomic mass is 9.92. The summed E-state index contributed by atoms with van der Waals surface area (Å²) in [7, 11) is 0. The molecule has 0 radical (unpaired) electrons. The van der Waals surface area contributed by atoms with Gasteiger partial charge in [0.15, 0.2) is 5.78 Å². The normalized spacial score (nSPS) is 21.6. The minimum absolute atomic E-state index is 0.232. The van der Waals surface area contributed by atoms with Crippen molar-refractivity contribution < 1.29 is 14.4 Å². The van der Waals surface area contributed by atoms with E-state index in [1.54, 1.807) is 12.1 Å². The molecule has 1 unspecified atom stereocenters. The first-order valence-electron chi connectivity index (χ1n) is 8.34. The molecule has 0 aromatic heterocycles. The summed E-state index contributed by atoms with van der Waals surface area (Å²) in [6.45, 7) is 1.60. The first-order chi connectivity index (χ1) is 12.0. The number of nitrogens with one attached hydrogen (secondary N) is 1. The SMILES string of the molecule is Cc1ccccc1C(=O)CN1C(=O)NC2(CCc3ccccc32)C1=O. The number of ketones is 1. The Bertz CT molecular complexity index is 905. The van der Waals surface area contributed by atoms with Crippen LogP contribution in [0.25, 0.3) is 0 Å². The van der Waals surface area contributed by atoms with Crippen LogP contribution in [0.15, 0.2) is 48.5 Å². The van der Waals surface area contributed by atoms with Gasteiger partial charge >= 0.3 is 6.03 Å². The van der Waals surface area contributed by atoms with Crippen LogP contribution in [0.1, 0.15) is 33.5 Å². The number of Topliss-reactive ketones (excluding diaryl/α,β-unsaturated/α-hetero) is 1. The quantitative estimate of drug-likeness (QED) is 0.693. The van der Waals surface area contributed by atoms with Crippen molar-refractivity contribution in [2.24, 2.45) is 0 Å². The lowest BCUT2D eigenvalue weighted by Crippen LogP contribution is -2.42. The summed E-state index contributed by atoms with van der Waals surface area (Å²) in [6, 6.07) is 14.3. The molecule has 1 heterocycles. The smallest absolute Gasteiger partial charge is 0.319 e. The van der Waals surface area contributed by atoms with Crippen molar-refractivity contribution in [3.63, 3.8) is 0 Å². The molecule has 1 atom stereocenters. The van der Waals surface area contributed by atoms with Gasteiger partial charge < -0.3 is 5.32 Å². The van der Waals surface area contributed by atoms with Gasteiger partial charge in [0.2, 0.25) is 0 Å². The Labute approximate surface area is 145 Å². The average molecular weight is 334 g/mol. The Hall–Kier alpha value is -2.95. The summed E-state index contributed by atoms with van der Waals surface area (Å²) >= 11 is 0. The Morgan fingerprint density at radius 2 is 1.84 bits per heavy atom. The Morgan fingerprint density at radius 1 is 1.12 bits per heavy atom. The van der Waals surface area contributed by atoms with Gasteiger partial charge in [-0.25, -0.2) is 4.79 Å². The number of rotatable bonds is 3. The highest BCUT2D eigenvalue weighted by Crippen LogP contribution is 2.41. The molecule has 4 rings (SSSR count). The Balaban J connectivity index is 1.63. The third-order valence-corrected chi connectivity index (χ3v) is 5.17. The fraction of sp³-hybridized carbons (Fsp3) is 0.250. The van der Waals surface area contributed by atoms with E-state index in [9.17, 15) is 14.4 Å². The highest BCUT2D eigenvalue weighted by Gasteiger charge is 2.55. The van der Waals surface area contributed by atoms with Crippen LogP contribution in [0.4, 0.5) is 4.79 Å². The largest absolute Gasteiger partial charge is 0.325 e. The van der Waals surface area contributed by atoms with Crippen LogP contribution in [0.5, 0.6) is 0 Å². The maximum atomic E-state index is 13.0. The van der Waals surface area contributed by atoms with Gasteiger partial charge in [-0.15, -0.1) is 0 Å². The number of imide groups is 1. The third kappa shape index (κ3) is 2.27. The van der Waals surface area contributed by atoms with Gasteiger partial charge in [0.05, 0.1) is 6.54 Å². The highest BCUT2D eigenvalue weighted by molar-refractivity contribution is 6.12. The summed E-state index contributed by atoms with van der Waals surface area (Å²) in [4.78, 5) is 39.1. The van der Waals surface area contributed by atoms with Crippen molar-refractivity contribution >= 4 is 17.7 Å². The summed E-state index contributed by atoms with van der Waals surface area (Å²) < 4.78 is 0. The zero-order valence-corrected chi connectivity index (χ0v) is 13.9. The summed E-state index contributed by atoms with van der Waals surface area (Å²) in [6.07, 6.45) is 1.27. The first-order valence-corrected chi connectivity index (χ1v) is 8.34. The van der Waals surface area contributed by atoms with Gasteiger partial charge in [-0.3, -0.25) is 14.5 Å². The number of amides is 3. The molecule has 5 heteroatoms. The molecule has 1 N–H and O–H groups in total. The second-order valence-electron chi connectivity index (χ2n) is 6.62. The van der Waals surface area contributed by atoms with Gasteiger partial charge in [-0.05, 0) is 36.5 Å². The molecule has 1 spiro atoms. The minimum atomic E-state index is -1.01. The average Bonchev–Trinajstić information content (AvgIpc) is 3.09. The zero-order chi connectivity index (χ0) is 17.6. The standard InChI is InChI=1S/C20H18N2O3/c1-13-6-2-4-8-15(13)17(23)12-22-18(24)20(21-19(22)25)11-10-14-7-3-5-9-16(14)20/h2-9H,10-12H2,1H3,(H,21,25). The fourth-order valence-electron chi connectivity index (χ4n) is 3.85. The summed E-state index contributed by atoms with van der Waals surface area (Å²) in [5.41, 5.74) is 2.28. The van der Waals surface area contributed by atoms with E-state index in [4.69, 9.17) is 0 Å². The predicted molar refractivity (Wildman–Crippen MR) is 92.2 cm³/mol. The third-order valence-electron chi connectivity index (χ3n) is 5.17. The molecule has 25 heavy (non-hydrogen) atoms. The molecule has 2 aromatic carbocycles. The molecule has 0 saturated carbocycles. The van der Waals surface area contributed by atoms with E-state index in [1.807, 2.05) is 43.3 Å². The molecule has 1 saturated heterocycles. The van der Waals surface area contributed by atoms with Crippen LogP contribution >= 0.6 is 0 Å². The number of carbonyl (C=O) groups excluding carboxylic acids is 3. The van der Waals surface area contributed by atoms with E-state index in [0.717, 1.165) is 28.0 Å². The van der Waals surface area contributed by atoms with Crippen molar-refractivity contribution in [3.05, 3.63) is 70.8 Å². The van der Waals surface area contributed by atoms with E-state index < -0.39 is 11.6 Å². The van der Waals surface area contributed by atoms with E-state index in [2.05, 4.69) is 5.32 Å². The number of urea groups is 1. The fourth-order valence-corrected chi connectivity index (χ4v) is 3.85. The summed E-state index contributed by atoms with van der Waals surface area (Å²) in [5.74, 6) is -0.561. The van der Waals surface area contributed by atoms with Crippen LogP contribution in [0.2, 0.25) is 0 Å². The van der Waals surface area contributed by atoms with Crippen molar-refractivity contribution in [2.75, 3.05) is 6.54 Å². The molecule has 2 aromatic rings. The van der Waals surface area contributed by atoms with Crippen molar-refractivity contribution in [1.82, 2.24) is 10.2 Å². The molecule has 1 aliphatic heterocycles. The number of fused-ring (bicyclic) bond motifs is 2. The highest BCUT2D eigenvalue weighted by atomic mass is 16.2. The number of hydrogen-bond acceptors (Lipinski definition) is 3. The molecule has 126 valence electrons. The first kappa shape index (κ1) is 15.6. The van der Waals surface area contributed by atoms with E-state index in [-0.39, 0.29) is 18.2 Å². The van der Waals surface area contributed by atoms with Crippen molar-refractivity contribution in [3.8, 4) is 0 Å². The van der Waals surface area contributed by atoms with E-state index in [0.29, 0.717) is 12.0 Å². The van der Waals surface area contributed by atoms with Crippen LogP contribution < -0.4 is 5.32 Å². The Kier molecular flexibility index (Phi) is 3.46. The van der Waals surface area contributed by atoms with Gasteiger partial charge in [-0.2, -0.15) is 0 Å². The topological polar surface area (TPSA) is 66.5 Å². The van der Waals surface area contributed by atoms with Crippen LogP contribution in [-0.4, -0.2) is 29.2 Å². The molecule has 1 aliphatic carbocycles. The van der Waals surface area contributed by atoms with Crippen LogP contribution in [0, 0.1) is 6.92 Å². The number of hydrogen-bond donors (Lipinski definition) is 1. The number of carbonyl (C=O) groups is 3. The number of nitrogens with zero attached hydrogens (tertiary/aromatic N) is 1. The van der Waals surface area contributed by atoms with E-state index in [1.165, 1.54) is 0 Å². The molecule has 0 bridgehead atoms. The molecular weight excluding hydrogens is 316 g/mol. The predicted octanol–water partition coefficient (Wildman–Crippen LogP) is 2.57. The minimum Gasteiger partial charge on any atom is -0.319 e. The number of aryl methyl sites for hydroxylation is 2. The maximum Gasteiger partial charge on any atom is 0.325 e. The summed E-state index contributed by atoms with van der Waals surface area (Å²) in [5, 5.41) is 2.84.